The van der Waals surface area contributed by atoms with Crippen LogP contribution in [0.25, 0.3) is 0 Å². The second-order valence-electron chi connectivity index (χ2n) is 5.30. The Morgan fingerprint density at radius 3 is 2.20 bits per heavy atom. The van der Waals surface area contributed by atoms with Gasteiger partial charge in [-0.05, 0) is 45.4 Å². The third-order valence-corrected chi connectivity index (χ3v) is 3.91. The number of hydrogen-bond donors (Lipinski definition) is 1. The van der Waals surface area contributed by atoms with E-state index >= 15 is 0 Å². The Kier molecular flexibility index (Phi) is 7.73. The highest BCUT2D eigenvalue weighted by atomic mass is 32.1. The lowest BCUT2D eigenvalue weighted by Gasteiger charge is -2.24. The maximum absolute atomic E-state index is 11.8. The molecule has 1 fully saturated rings. The topological polar surface area (TPSA) is 52.6 Å². The molecule has 1 aliphatic rings. The molecule has 1 saturated carbocycles. The Labute approximate surface area is 126 Å². The zero-order chi connectivity index (χ0) is 15.0. The molecule has 0 bridgehead atoms. The summed E-state index contributed by atoms with van der Waals surface area (Å²) in [6.45, 7) is 5.85. The predicted octanol–water partition coefficient (Wildman–Crippen LogP) is 2.92. The summed E-state index contributed by atoms with van der Waals surface area (Å²) in [4.78, 5) is 22.9. The third kappa shape index (κ3) is 6.46. The van der Waals surface area contributed by atoms with Crippen molar-refractivity contribution in [2.45, 2.75) is 50.7 Å². The van der Waals surface area contributed by atoms with Crippen molar-refractivity contribution in [2.75, 3.05) is 13.2 Å². The van der Waals surface area contributed by atoms with E-state index in [1.54, 1.807) is 6.92 Å². The van der Waals surface area contributed by atoms with Crippen molar-refractivity contribution in [2.24, 2.45) is 5.92 Å². The molecule has 0 atom stereocenters. The van der Waals surface area contributed by atoms with E-state index in [1.165, 1.54) is 0 Å². The van der Waals surface area contributed by atoms with E-state index in [1.807, 2.05) is 0 Å². The second-order valence-corrected chi connectivity index (χ2v) is 6.03. The van der Waals surface area contributed by atoms with Crippen LogP contribution in [-0.2, 0) is 19.1 Å². The van der Waals surface area contributed by atoms with Gasteiger partial charge in [-0.2, -0.15) is 12.6 Å². The van der Waals surface area contributed by atoms with E-state index in [-0.39, 0.29) is 17.9 Å². The van der Waals surface area contributed by atoms with E-state index in [2.05, 4.69) is 19.2 Å². The van der Waals surface area contributed by atoms with E-state index in [4.69, 9.17) is 9.47 Å². The third-order valence-electron chi connectivity index (χ3n) is 3.39. The lowest BCUT2D eigenvalue weighted by atomic mass is 9.89. The Balaban J connectivity index is 2.02. The summed E-state index contributed by atoms with van der Waals surface area (Å²) >= 11 is 4.41. The van der Waals surface area contributed by atoms with Gasteiger partial charge in [0.2, 0.25) is 0 Å². The molecule has 0 amide bonds. The van der Waals surface area contributed by atoms with Crippen LogP contribution < -0.4 is 0 Å². The summed E-state index contributed by atoms with van der Waals surface area (Å²) < 4.78 is 10.2. The zero-order valence-corrected chi connectivity index (χ0v) is 13.0. The van der Waals surface area contributed by atoms with Gasteiger partial charge in [-0.3, -0.25) is 4.79 Å². The molecular formula is C15H24O4S. The van der Waals surface area contributed by atoms with Crippen molar-refractivity contribution in [1.29, 1.82) is 0 Å². The average Bonchev–Trinajstić information content (AvgIpc) is 2.42. The van der Waals surface area contributed by atoms with Crippen molar-refractivity contribution in [3.63, 3.8) is 0 Å². The van der Waals surface area contributed by atoms with Gasteiger partial charge >= 0.3 is 11.9 Å². The normalized spacial score (nSPS) is 22.1. The molecule has 0 saturated heterocycles. The summed E-state index contributed by atoms with van der Waals surface area (Å²) in [5.41, 5.74) is 0.399. The van der Waals surface area contributed by atoms with Crippen LogP contribution in [0.2, 0.25) is 0 Å². The molecule has 0 aromatic carbocycles. The molecule has 0 heterocycles. The Morgan fingerprint density at radius 1 is 1.10 bits per heavy atom. The molecule has 1 aliphatic carbocycles. The number of unbranched alkanes of at least 4 members (excludes halogenated alkanes) is 1. The summed E-state index contributed by atoms with van der Waals surface area (Å²) in [5.74, 6) is -0.422. The van der Waals surface area contributed by atoms with Crippen molar-refractivity contribution in [3.05, 3.63) is 12.2 Å². The molecule has 20 heavy (non-hydrogen) atoms. The summed E-state index contributed by atoms with van der Waals surface area (Å²) in [6, 6.07) is 0. The van der Waals surface area contributed by atoms with E-state index in [0.717, 1.165) is 25.7 Å². The standard InChI is InChI=1S/C15H24O4S/c1-11(2)14(16)18-9-3-4-10-19-15(17)12-5-7-13(20)8-6-12/h12-13,20H,1,3-10H2,2H3. The minimum atomic E-state index is -0.370. The maximum atomic E-state index is 11.8. The van der Waals surface area contributed by atoms with Crippen LogP contribution in [0.3, 0.4) is 0 Å². The van der Waals surface area contributed by atoms with Crippen molar-refractivity contribution in [3.8, 4) is 0 Å². The van der Waals surface area contributed by atoms with Gasteiger partial charge in [-0.15, -0.1) is 0 Å². The lowest BCUT2D eigenvalue weighted by molar-refractivity contribution is -0.150. The molecule has 5 heteroatoms. The molecule has 1 rings (SSSR count). The molecule has 0 aromatic heterocycles. The lowest BCUT2D eigenvalue weighted by Crippen LogP contribution is -2.24. The van der Waals surface area contributed by atoms with E-state index < -0.39 is 0 Å². The van der Waals surface area contributed by atoms with Crippen LogP contribution in [0.4, 0.5) is 0 Å². The number of ether oxygens (including phenoxy) is 2. The average molecular weight is 300 g/mol. The number of esters is 2. The van der Waals surface area contributed by atoms with Crippen LogP contribution in [0.1, 0.15) is 45.4 Å². The van der Waals surface area contributed by atoms with Crippen molar-refractivity contribution < 1.29 is 19.1 Å². The number of hydrogen-bond acceptors (Lipinski definition) is 5. The molecule has 0 radical (unpaired) electrons. The smallest absolute Gasteiger partial charge is 0.333 e. The van der Waals surface area contributed by atoms with Gasteiger partial charge in [0, 0.05) is 10.8 Å². The fourth-order valence-corrected chi connectivity index (χ4v) is 2.39. The monoisotopic (exact) mass is 300 g/mol. The van der Waals surface area contributed by atoms with Gasteiger partial charge in [-0.25, -0.2) is 4.79 Å². The van der Waals surface area contributed by atoms with Crippen LogP contribution in [-0.4, -0.2) is 30.4 Å². The highest BCUT2D eigenvalue weighted by Gasteiger charge is 2.25. The first kappa shape index (κ1) is 17.1. The zero-order valence-electron chi connectivity index (χ0n) is 12.1. The van der Waals surface area contributed by atoms with Crippen LogP contribution in [0.15, 0.2) is 12.2 Å². The van der Waals surface area contributed by atoms with Gasteiger partial charge in [0.15, 0.2) is 0 Å². The number of carbonyl (C=O) groups is 2. The van der Waals surface area contributed by atoms with E-state index in [9.17, 15) is 9.59 Å². The minimum absolute atomic E-state index is 0.0413. The largest absolute Gasteiger partial charge is 0.465 e. The summed E-state index contributed by atoms with van der Waals surface area (Å²) in [5, 5.41) is 0.432. The van der Waals surface area contributed by atoms with Gasteiger partial charge in [0.25, 0.3) is 0 Å². The fraction of sp³-hybridized carbons (Fsp3) is 0.733. The van der Waals surface area contributed by atoms with E-state index in [0.29, 0.717) is 36.9 Å². The SMILES string of the molecule is C=C(C)C(=O)OCCCCOC(=O)C1CCC(S)CC1. The predicted molar refractivity (Wildman–Crippen MR) is 80.7 cm³/mol. The van der Waals surface area contributed by atoms with Gasteiger partial charge < -0.3 is 9.47 Å². The first-order valence-electron chi connectivity index (χ1n) is 7.18. The maximum Gasteiger partial charge on any atom is 0.333 e. The number of rotatable bonds is 7. The van der Waals surface area contributed by atoms with Gasteiger partial charge in [-0.1, -0.05) is 6.58 Å². The van der Waals surface area contributed by atoms with Crippen LogP contribution in [0, 0.1) is 5.92 Å². The fourth-order valence-electron chi connectivity index (χ4n) is 2.09. The quantitative estimate of drug-likeness (QED) is 0.340. The Hall–Kier alpha value is -0.970. The highest BCUT2D eigenvalue weighted by Crippen LogP contribution is 2.28. The minimum Gasteiger partial charge on any atom is -0.465 e. The van der Waals surface area contributed by atoms with Crippen LogP contribution >= 0.6 is 12.6 Å². The van der Waals surface area contributed by atoms with Crippen molar-refractivity contribution >= 4 is 24.6 Å². The molecule has 0 aliphatic heterocycles. The Bertz CT molecular complexity index is 346. The molecule has 0 unspecified atom stereocenters. The molecule has 0 aromatic rings. The number of carbonyl (C=O) groups excluding carboxylic acids is 2. The highest BCUT2D eigenvalue weighted by molar-refractivity contribution is 7.80. The molecule has 114 valence electrons. The first-order chi connectivity index (χ1) is 9.50. The molecule has 0 N–H and O–H groups in total. The summed E-state index contributed by atoms with van der Waals surface area (Å²) in [7, 11) is 0. The number of thiol groups is 1. The van der Waals surface area contributed by atoms with Gasteiger partial charge in [0.05, 0.1) is 19.1 Å². The second kappa shape index (κ2) is 9.06. The first-order valence-corrected chi connectivity index (χ1v) is 7.69. The molecule has 0 spiro atoms. The Morgan fingerprint density at radius 2 is 1.65 bits per heavy atom. The summed E-state index contributed by atoms with van der Waals surface area (Å²) in [6.07, 6.45) is 5.12. The van der Waals surface area contributed by atoms with Crippen molar-refractivity contribution in [1.82, 2.24) is 0 Å². The van der Waals surface area contributed by atoms with Crippen LogP contribution in [0.5, 0.6) is 0 Å². The molecular weight excluding hydrogens is 276 g/mol. The molecule has 4 nitrogen and oxygen atoms in total. The van der Waals surface area contributed by atoms with Gasteiger partial charge in [0.1, 0.15) is 0 Å².